The second-order valence-corrected chi connectivity index (χ2v) is 5.72. The van der Waals surface area contributed by atoms with Crippen molar-refractivity contribution < 1.29 is 0 Å². The van der Waals surface area contributed by atoms with Gasteiger partial charge in [-0.2, -0.15) is 0 Å². The van der Waals surface area contributed by atoms with Gasteiger partial charge >= 0.3 is 0 Å². The second-order valence-electron chi connectivity index (χ2n) is 4.35. The Morgan fingerprint density at radius 3 is 2.92 bits per heavy atom. The molecule has 0 bridgehead atoms. The third kappa shape index (κ3) is 1.65. The Labute approximate surface area is 89.4 Å². The van der Waals surface area contributed by atoms with E-state index in [-0.39, 0.29) is 0 Å². The van der Waals surface area contributed by atoms with Crippen LogP contribution in [0.3, 0.4) is 0 Å². The van der Waals surface area contributed by atoms with Gasteiger partial charge in [-0.05, 0) is 24.2 Å². The van der Waals surface area contributed by atoms with Gasteiger partial charge in [-0.1, -0.05) is 26.2 Å². The fraction of sp³-hybridized carbons (Fsp3) is 1.00. The summed E-state index contributed by atoms with van der Waals surface area (Å²) in [5, 5.41) is 0. The third-order valence-electron chi connectivity index (χ3n) is 3.73. The van der Waals surface area contributed by atoms with Crippen LogP contribution in [0, 0.1) is 17.8 Å². The lowest BCUT2D eigenvalue weighted by atomic mass is 9.73. The molecule has 0 aromatic heterocycles. The van der Waals surface area contributed by atoms with E-state index in [1.165, 1.54) is 38.8 Å². The molecule has 2 rings (SSSR count). The Morgan fingerprint density at radius 2 is 2.17 bits per heavy atom. The molecule has 1 aliphatic heterocycles. The van der Waals surface area contributed by atoms with Crippen LogP contribution in [0.15, 0.2) is 0 Å². The smallest absolute Gasteiger partial charge is 0.0201 e. The number of rotatable bonds is 1. The maximum atomic E-state index is 2.50. The number of hydrogen-bond donors (Lipinski definition) is 0. The van der Waals surface area contributed by atoms with Crippen molar-refractivity contribution >= 4 is 22.9 Å². The van der Waals surface area contributed by atoms with Crippen LogP contribution >= 0.6 is 22.9 Å². The molecule has 3 unspecified atom stereocenters. The molecule has 0 radical (unpaired) electrons. The summed E-state index contributed by atoms with van der Waals surface area (Å²) >= 11 is 2.50. The van der Waals surface area contributed by atoms with Crippen LogP contribution in [0.1, 0.15) is 32.6 Å². The molecule has 0 spiro atoms. The average molecular weight is 279 g/mol. The molecule has 1 heterocycles. The van der Waals surface area contributed by atoms with Crippen LogP contribution in [-0.4, -0.2) is 16.2 Å². The van der Waals surface area contributed by atoms with Crippen LogP contribution in [0.4, 0.5) is 0 Å². The lowest BCUT2D eigenvalue weighted by molar-refractivity contribution is 0.194. The van der Waals surface area contributed by atoms with E-state index in [9.17, 15) is 0 Å². The van der Waals surface area contributed by atoms with Gasteiger partial charge in [0.05, 0.1) is 0 Å². The monoisotopic (exact) mass is 279 g/mol. The molecule has 0 amide bonds. The number of nitrogens with zero attached hydrogens (tertiary/aromatic N) is 1. The average Bonchev–Trinajstić information content (AvgIpc) is 2.44. The maximum Gasteiger partial charge on any atom is 0.0201 e. The fourth-order valence-electron chi connectivity index (χ4n) is 3.04. The van der Waals surface area contributed by atoms with Gasteiger partial charge < -0.3 is 0 Å². The van der Waals surface area contributed by atoms with E-state index in [0.717, 1.165) is 17.8 Å². The highest BCUT2D eigenvalue weighted by Gasteiger charge is 2.38. The summed E-state index contributed by atoms with van der Waals surface area (Å²) in [6, 6.07) is 0. The largest absolute Gasteiger partial charge is 0.247 e. The molecule has 1 saturated heterocycles. The van der Waals surface area contributed by atoms with E-state index in [2.05, 4.69) is 32.9 Å². The van der Waals surface area contributed by atoms with Gasteiger partial charge in [0.15, 0.2) is 0 Å². The summed E-state index contributed by atoms with van der Waals surface area (Å²) in [6.45, 7) is 5.09. The molecular weight excluding hydrogens is 261 g/mol. The molecule has 3 atom stereocenters. The topological polar surface area (TPSA) is 3.24 Å². The van der Waals surface area contributed by atoms with Gasteiger partial charge in [-0.25, -0.2) is 3.11 Å². The van der Waals surface area contributed by atoms with Gasteiger partial charge in [0, 0.05) is 36.0 Å². The van der Waals surface area contributed by atoms with E-state index in [1.807, 2.05) is 0 Å². The number of halogens is 1. The molecular formula is C10H18IN. The van der Waals surface area contributed by atoms with Gasteiger partial charge in [0.1, 0.15) is 0 Å². The van der Waals surface area contributed by atoms with Crippen LogP contribution in [0.5, 0.6) is 0 Å². The van der Waals surface area contributed by atoms with Crippen molar-refractivity contribution in [3.8, 4) is 0 Å². The lowest BCUT2D eigenvalue weighted by Crippen LogP contribution is -2.26. The van der Waals surface area contributed by atoms with Gasteiger partial charge in [0.2, 0.25) is 0 Å². The predicted octanol–water partition coefficient (Wildman–Crippen LogP) is 3.09. The first kappa shape index (κ1) is 9.25. The van der Waals surface area contributed by atoms with Crippen LogP contribution < -0.4 is 0 Å². The van der Waals surface area contributed by atoms with E-state index in [0.29, 0.717) is 0 Å². The third-order valence-corrected chi connectivity index (χ3v) is 4.51. The van der Waals surface area contributed by atoms with Gasteiger partial charge in [-0.3, -0.25) is 0 Å². The summed E-state index contributed by atoms with van der Waals surface area (Å²) in [7, 11) is 0. The molecule has 2 fully saturated rings. The van der Waals surface area contributed by atoms with Gasteiger partial charge in [0.25, 0.3) is 0 Å². The Hall–Kier alpha value is 0.690. The van der Waals surface area contributed by atoms with E-state index < -0.39 is 0 Å². The van der Waals surface area contributed by atoms with Crippen LogP contribution in [0.2, 0.25) is 0 Å². The van der Waals surface area contributed by atoms with Crippen molar-refractivity contribution in [3.05, 3.63) is 0 Å². The maximum absolute atomic E-state index is 2.50. The molecule has 1 aliphatic carbocycles. The highest BCUT2D eigenvalue weighted by atomic mass is 127. The highest BCUT2D eigenvalue weighted by Crippen LogP contribution is 2.42. The Kier molecular flexibility index (Phi) is 2.95. The molecule has 0 aromatic rings. The molecule has 1 saturated carbocycles. The minimum atomic E-state index is 1.04. The highest BCUT2D eigenvalue weighted by molar-refractivity contribution is 14.1. The van der Waals surface area contributed by atoms with Crippen molar-refractivity contribution in [2.45, 2.75) is 32.6 Å². The zero-order chi connectivity index (χ0) is 8.55. The second kappa shape index (κ2) is 3.82. The molecule has 0 aromatic carbocycles. The van der Waals surface area contributed by atoms with E-state index >= 15 is 0 Å². The Morgan fingerprint density at radius 1 is 1.33 bits per heavy atom. The van der Waals surface area contributed by atoms with E-state index in [4.69, 9.17) is 0 Å². The molecule has 70 valence electrons. The molecule has 1 nitrogen and oxygen atoms in total. The number of hydrogen-bond acceptors (Lipinski definition) is 1. The minimum absolute atomic E-state index is 1.04. The van der Waals surface area contributed by atoms with E-state index in [1.54, 1.807) is 0 Å². The van der Waals surface area contributed by atoms with Crippen molar-refractivity contribution in [3.63, 3.8) is 0 Å². The van der Waals surface area contributed by atoms with Crippen LogP contribution in [0.25, 0.3) is 0 Å². The molecule has 12 heavy (non-hydrogen) atoms. The predicted molar refractivity (Wildman–Crippen MR) is 60.2 cm³/mol. The number of fused-ring (bicyclic) bond motifs is 1. The summed E-state index contributed by atoms with van der Waals surface area (Å²) < 4.78 is 2.50. The normalized spacial score (nSPS) is 43.0. The summed E-state index contributed by atoms with van der Waals surface area (Å²) in [5.41, 5.74) is 0. The summed E-state index contributed by atoms with van der Waals surface area (Å²) in [6.07, 6.45) is 5.90. The van der Waals surface area contributed by atoms with Crippen LogP contribution in [-0.2, 0) is 0 Å². The summed E-state index contributed by atoms with van der Waals surface area (Å²) in [4.78, 5) is 0. The Balaban J connectivity index is 2.02. The first-order valence-corrected chi connectivity index (χ1v) is 6.18. The molecule has 0 N–H and O–H groups in total. The standard InChI is InChI=1S/C10H18IN/c1-2-8-4-3-5-9-6-12(11)7-10(8)9/h8-10H,2-7H2,1H3. The van der Waals surface area contributed by atoms with Crippen molar-refractivity contribution in [1.82, 2.24) is 3.11 Å². The first-order chi connectivity index (χ1) is 5.81. The minimum Gasteiger partial charge on any atom is -0.247 e. The Bertz CT molecular complexity index is 154. The zero-order valence-corrected chi connectivity index (χ0v) is 9.96. The van der Waals surface area contributed by atoms with Crippen molar-refractivity contribution in [1.29, 1.82) is 0 Å². The van der Waals surface area contributed by atoms with Crippen molar-refractivity contribution in [2.75, 3.05) is 13.1 Å². The fourth-order valence-corrected chi connectivity index (χ4v) is 4.01. The lowest BCUT2D eigenvalue weighted by Gasteiger charge is -2.32. The molecule has 2 aliphatic rings. The quantitative estimate of drug-likeness (QED) is 0.526. The SMILES string of the molecule is CCC1CCCC2CN(I)CC12. The molecule has 2 heteroatoms. The van der Waals surface area contributed by atoms with Crippen molar-refractivity contribution in [2.24, 2.45) is 17.8 Å². The van der Waals surface area contributed by atoms with Gasteiger partial charge in [-0.15, -0.1) is 0 Å². The first-order valence-electron chi connectivity index (χ1n) is 5.22. The zero-order valence-electron chi connectivity index (χ0n) is 7.80. The summed E-state index contributed by atoms with van der Waals surface area (Å²) in [5.74, 6) is 3.13.